The van der Waals surface area contributed by atoms with E-state index >= 15 is 0 Å². The molecular formula is C15H11Cl2NO3. The number of carbonyl (C=O) groups excluding carboxylic acids is 2. The molecule has 0 atom stereocenters. The lowest BCUT2D eigenvalue weighted by atomic mass is 10.2. The third-order valence-corrected chi connectivity index (χ3v) is 3.34. The minimum atomic E-state index is -0.591. The molecule has 4 nitrogen and oxygen atoms in total. The van der Waals surface area contributed by atoms with Gasteiger partial charge < -0.3 is 10.1 Å². The molecule has 0 bridgehead atoms. The molecule has 0 radical (unpaired) electrons. The van der Waals surface area contributed by atoms with Gasteiger partial charge >= 0.3 is 5.97 Å². The maximum absolute atomic E-state index is 12.1. The monoisotopic (exact) mass is 323 g/mol. The fourth-order valence-electron chi connectivity index (χ4n) is 1.65. The quantitative estimate of drug-likeness (QED) is 0.681. The van der Waals surface area contributed by atoms with Crippen LogP contribution in [0.15, 0.2) is 42.5 Å². The van der Waals surface area contributed by atoms with E-state index in [4.69, 9.17) is 27.9 Å². The molecule has 0 spiro atoms. The van der Waals surface area contributed by atoms with Gasteiger partial charge in [0, 0.05) is 12.6 Å². The number of nitrogens with one attached hydrogen (secondary N) is 1. The van der Waals surface area contributed by atoms with Crippen LogP contribution in [0.3, 0.4) is 0 Å². The van der Waals surface area contributed by atoms with Crippen molar-refractivity contribution in [2.24, 2.45) is 0 Å². The topological polar surface area (TPSA) is 55.4 Å². The molecule has 0 unspecified atom stereocenters. The third kappa shape index (κ3) is 3.97. The molecule has 0 aliphatic carbocycles. The number of benzene rings is 2. The lowest BCUT2D eigenvalue weighted by molar-refractivity contribution is -0.114. The molecule has 1 amide bonds. The predicted octanol–water partition coefficient (Wildman–Crippen LogP) is 4.17. The van der Waals surface area contributed by atoms with Crippen LogP contribution in [0.5, 0.6) is 5.75 Å². The lowest BCUT2D eigenvalue weighted by Gasteiger charge is -2.08. The van der Waals surface area contributed by atoms with Crippen molar-refractivity contribution in [1.82, 2.24) is 0 Å². The molecule has 108 valence electrons. The molecule has 0 aliphatic heterocycles. The van der Waals surface area contributed by atoms with Crippen LogP contribution in [-0.4, -0.2) is 11.9 Å². The summed E-state index contributed by atoms with van der Waals surface area (Å²) < 4.78 is 5.20. The van der Waals surface area contributed by atoms with Crippen molar-refractivity contribution in [3.05, 3.63) is 58.1 Å². The highest BCUT2D eigenvalue weighted by Crippen LogP contribution is 2.32. The first-order valence-corrected chi connectivity index (χ1v) is 6.77. The Morgan fingerprint density at radius 3 is 2.52 bits per heavy atom. The maximum atomic E-state index is 12.1. The van der Waals surface area contributed by atoms with Crippen LogP contribution >= 0.6 is 23.2 Å². The zero-order valence-electron chi connectivity index (χ0n) is 11.0. The van der Waals surface area contributed by atoms with Crippen molar-refractivity contribution in [3.63, 3.8) is 0 Å². The van der Waals surface area contributed by atoms with E-state index in [1.165, 1.54) is 13.0 Å². The van der Waals surface area contributed by atoms with E-state index < -0.39 is 5.97 Å². The summed E-state index contributed by atoms with van der Waals surface area (Å²) in [5, 5.41) is 3.06. The van der Waals surface area contributed by atoms with Gasteiger partial charge in [0.25, 0.3) is 0 Å². The smallest absolute Gasteiger partial charge is 0.343 e. The minimum Gasteiger partial charge on any atom is -0.421 e. The minimum absolute atomic E-state index is 0.172. The number of anilines is 1. The first kappa shape index (κ1) is 15.4. The molecule has 6 heteroatoms. The summed E-state index contributed by atoms with van der Waals surface area (Å²) in [7, 11) is 0. The van der Waals surface area contributed by atoms with E-state index in [0.717, 1.165) is 0 Å². The van der Waals surface area contributed by atoms with Crippen molar-refractivity contribution < 1.29 is 14.3 Å². The van der Waals surface area contributed by atoms with Gasteiger partial charge in [-0.2, -0.15) is 0 Å². The van der Waals surface area contributed by atoms with Gasteiger partial charge in [-0.3, -0.25) is 4.79 Å². The van der Waals surface area contributed by atoms with Gasteiger partial charge in [-0.15, -0.1) is 0 Å². The van der Waals surface area contributed by atoms with Crippen molar-refractivity contribution in [3.8, 4) is 5.75 Å². The highest BCUT2D eigenvalue weighted by atomic mass is 35.5. The Morgan fingerprint density at radius 1 is 1.10 bits per heavy atom. The second-order valence-corrected chi connectivity index (χ2v) is 4.99. The van der Waals surface area contributed by atoms with Gasteiger partial charge in [0.1, 0.15) is 5.02 Å². The molecule has 1 N–H and O–H groups in total. The Labute approximate surface area is 131 Å². The molecule has 2 aromatic carbocycles. The molecule has 2 aromatic rings. The molecule has 0 aromatic heterocycles. The fourth-order valence-corrected chi connectivity index (χ4v) is 1.98. The fraction of sp³-hybridized carbons (Fsp3) is 0.0667. The Bertz CT molecular complexity index is 701. The largest absolute Gasteiger partial charge is 0.421 e. The standard InChI is InChI=1S/C15H11Cl2NO3/c1-9(19)18-11-5-2-4-10(8-11)15(20)21-13-7-3-6-12(16)14(13)17/h2-8H,1H3,(H,18,19). The molecule has 0 saturated heterocycles. The van der Waals surface area contributed by atoms with E-state index in [2.05, 4.69) is 5.32 Å². The number of hydrogen-bond donors (Lipinski definition) is 1. The second kappa shape index (κ2) is 6.61. The first-order chi connectivity index (χ1) is 9.97. The van der Waals surface area contributed by atoms with Crippen molar-refractivity contribution >= 4 is 40.8 Å². The molecular weight excluding hydrogens is 313 g/mol. The molecule has 0 saturated carbocycles. The van der Waals surface area contributed by atoms with Gasteiger partial charge in [-0.05, 0) is 30.3 Å². The number of amides is 1. The Hall–Kier alpha value is -2.04. The summed E-state index contributed by atoms with van der Waals surface area (Å²) in [6.45, 7) is 1.39. The summed E-state index contributed by atoms with van der Waals surface area (Å²) in [4.78, 5) is 23.1. The zero-order valence-corrected chi connectivity index (χ0v) is 12.5. The number of carbonyl (C=O) groups is 2. The van der Waals surface area contributed by atoms with E-state index in [0.29, 0.717) is 10.7 Å². The highest BCUT2D eigenvalue weighted by molar-refractivity contribution is 6.43. The van der Waals surface area contributed by atoms with Gasteiger partial charge in [0.15, 0.2) is 5.75 Å². The Kier molecular flexibility index (Phi) is 4.83. The number of hydrogen-bond acceptors (Lipinski definition) is 3. The summed E-state index contributed by atoms with van der Waals surface area (Å²) in [6.07, 6.45) is 0. The first-order valence-electron chi connectivity index (χ1n) is 6.01. The molecule has 21 heavy (non-hydrogen) atoms. The predicted molar refractivity (Wildman–Crippen MR) is 82.2 cm³/mol. The Morgan fingerprint density at radius 2 is 1.81 bits per heavy atom. The summed E-state index contributed by atoms with van der Waals surface area (Å²) >= 11 is 11.8. The summed E-state index contributed by atoms with van der Waals surface area (Å²) in [5.74, 6) is -0.635. The molecule has 0 aliphatic rings. The van der Waals surface area contributed by atoms with E-state index in [9.17, 15) is 9.59 Å². The molecule has 0 heterocycles. The third-order valence-electron chi connectivity index (χ3n) is 2.54. The van der Waals surface area contributed by atoms with Gasteiger partial charge in [0.2, 0.25) is 5.91 Å². The molecule has 0 fully saturated rings. The zero-order chi connectivity index (χ0) is 15.4. The van der Waals surface area contributed by atoms with Crippen molar-refractivity contribution in [2.45, 2.75) is 6.92 Å². The Balaban J connectivity index is 2.20. The SMILES string of the molecule is CC(=O)Nc1cccc(C(=O)Oc2cccc(Cl)c2Cl)c1. The maximum Gasteiger partial charge on any atom is 0.343 e. The number of halogens is 2. The van der Waals surface area contributed by atoms with Crippen LogP contribution in [0.1, 0.15) is 17.3 Å². The number of rotatable bonds is 3. The van der Waals surface area contributed by atoms with Crippen molar-refractivity contribution in [1.29, 1.82) is 0 Å². The van der Waals surface area contributed by atoms with Gasteiger partial charge in [-0.25, -0.2) is 4.79 Å². The second-order valence-electron chi connectivity index (χ2n) is 4.20. The van der Waals surface area contributed by atoms with Crippen molar-refractivity contribution in [2.75, 3.05) is 5.32 Å². The lowest BCUT2D eigenvalue weighted by Crippen LogP contribution is -2.11. The van der Waals surface area contributed by atoms with Gasteiger partial charge in [-0.1, -0.05) is 35.3 Å². The van der Waals surface area contributed by atoms with Crippen LogP contribution in [0.4, 0.5) is 5.69 Å². The van der Waals surface area contributed by atoms with E-state index in [1.807, 2.05) is 0 Å². The summed E-state index contributed by atoms with van der Waals surface area (Å²) in [6, 6.07) is 11.2. The van der Waals surface area contributed by atoms with Crippen LogP contribution in [0.25, 0.3) is 0 Å². The molecule has 2 rings (SSSR count). The van der Waals surface area contributed by atoms with Crippen LogP contribution in [0, 0.1) is 0 Å². The van der Waals surface area contributed by atoms with Crippen LogP contribution < -0.4 is 10.1 Å². The highest BCUT2D eigenvalue weighted by Gasteiger charge is 2.13. The average molecular weight is 324 g/mol. The average Bonchev–Trinajstić information content (AvgIpc) is 2.43. The van der Waals surface area contributed by atoms with Gasteiger partial charge in [0.05, 0.1) is 10.6 Å². The normalized spacial score (nSPS) is 10.0. The number of esters is 1. The van der Waals surface area contributed by atoms with E-state index in [-0.39, 0.29) is 22.2 Å². The van der Waals surface area contributed by atoms with Crippen LogP contribution in [0.2, 0.25) is 10.0 Å². The summed E-state index contributed by atoms with van der Waals surface area (Å²) in [5.41, 5.74) is 0.798. The van der Waals surface area contributed by atoms with E-state index in [1.54, 1.807) is 36.4 Å². The van der Waals surface area contributed by atoms with Crippen LogP contribution in [-0.2, 0) is 4.79 Å². The number of ether oxygens (including phenoxy) is 1.